The number of amides is 1. The summed E-state index contributed by atoms with van der Waals surface area (Å²) in [5.74, 6) is -0.390. The topological polar surface area (TPSA) is 55.1 Å². The Morgan fingerprint density at radius 3 is 2.45 bits per heavy atom. The molecule has 0 aromatic heterocycles. The van der Waals surface area contributed by atoms with Gasteiger partial charge in [0.05, 0.1) is 5.56 Å². The van der Waals surface area contributed by atoms with Crippen LogP contribution < -0.4 is 11.1 Å². The van der Waals surface area contributed by atoms with Gasteiger partial charge in [-0.2, -0.15) is 0 Å². The summed E-state index contributed by atoms with van der Waals surface area (Å²) in [5.41, 5.74) is 10.0. The first-order chi connectivity index (χ1) is 9.65. The lowest BCUT2D eigenvalue weighted by atomic mass is 9.94. The van der Waals surface area contributed by atoms with E-state index in [-0.39, 0.29) is 5.91 Å². The second-order valence-corrected chi connectivity index (χ2v) is 4.82. The third kappa shape index (κ3) is 2.82. The molecule has 2 rings (SSSR count). The first-order valence-corrected chi connectivity index (χ1v) is 6.87. The highest BCUT2D eigenvalue weighted by Gasteiger charge is 2.15. The molecule has 0 fully saturated rings. The molecule has 0 spiro atoms. The van der Waals surface area contributed by atoms with Crippen molar-refractivity contribution in [3.63, 3.8) is 0 Å². The van der Waals surface area contributed by atoms with Gasteiger partial charge in [0.1, 0.15) is 0 Å². The Labute approximate surface area is 119 Å². The van der Waals surface area contributed by atoms with Crippen LogP contribution in [-0.4, -0.2) is 12.5 Å². The van der Waals surface area contributed by atoms with Crippen molar-refractivity contribution in [2.75, 3.05) is 11.9 Å². The first-order valence-electron chi connectivity index (χ1n) is 6.87. The quantitative estimate of drug-likeness (QED) is 0.870. The number of nitrogens with one attached hydrogen (secondary N) is 1. The number of carbonyl (C=O) groups excluding carboxylic acids is 1. The Hall–Kier alpha value is -2.29. The van der Waals surface area contributed by atoms with Crippen LogP contribution in [-0.2, 0) is 0 Å². The smallest absolute Gasteiger partial charge is 0.251 e. The van der Waals surface area contributed by atoms with Crippen LogP contribution in [0.5, 0.6) is 0 Å². The molecule has 2 aromatic rings. The number of hydrogen-bond donors (Lipinski definition) is 2. The van der Waals surface area contributed by atoms with E-state index in [1.165, 1.54) is 0 Å². The standard InChI is InChI=1S/C17H20N2O/c1-3-11-19-15-10-9-14(12(2)16(15)17(18)20)13-7-5-4-6-8-13/h4-10,19H,3,11H2,1-2H3,(H2,18,20). The van der Waals surface area contributed by atoms with Crippen LogP contribution in [0.3, 0.4) is 0 Å². The van der Waals surface area contributed by atoms with Crippen molar-refractivity contribution in [2.45, 2.75) is 20.3 Å². The molecule has 0 bridgehead atoms. The molecule has 0 saturated heterocycles. The van der Waals surface area contributed by atoms with E-state index in [4.69, 9.17) is 5.73 Å². The van der Waals surface area contributed by atoms with E-state index >= 15 is 0 Å². The summed E-state index contributed by atoms with van der Waals surface area (Å²) in [6.45, 7) is 4.85. The minimum atomic E-state index is -0.390. The lowest BCUT2D eigenvalue weighted by molar-refractivity contribution is 0.100. The van der Waals surface area contributed by atoms with Crippen LogP contribution in [0.15, 0.2) is 42.5 Å². The molecule has 1 amide bonds. The number of carbonyl (C=O) groups is 1. The summed E-state index contributed by atoms with van der Waals surface area (Å²) in [4.78, 5) is 11.8. The fourth-order valence-electron chi connectivity index (χ4n) is 2.37. The minimum Gasteiger partial charge on any atom is -0.384 e. The highest BCUT2D eigenvalue weighted by Crippen LogP contribution is 2.30. The Morgan fingerprint density at radius 2 is 1.85 bits per heavy atom. The van der Waals surface area contributed by atoms with Crippen LogP contribution in [0.1, 0.15) is 29.3 Å². The van der Waals surface area contributed by atoms with E-state index in [0.717, 1.165) is 35.3 Å². The van der Waals surface area contributed by atoms with Crippen LogP contribution in [0.25, 0.3) is 11.1 Å². The van der Waals surface area contributed by atoms with Gasteiger partial charge >= 0.3 is 0 Å². The van der Waals surface area contributed by atoms with E-state index in [1.54, 1.807) is 0 Å². The van der Waals surface area contributed by atoms with Crippen molar-refractivity contribution in [2.24, 2.45) is 5.73 Å². The Kier molecular flexibility index (Phi) is 4.41. The van der Waals surface area contributed by atoms with E-state index < -0.39 is 0 Å². The molecule has 0 aliphatic heterocycles. The number of hydrogen-bond acceptors (Lipinski definition) is 2. The molecule has 0 heterocycles. The third-order valence-corrected chi connectivity index (χ3v) is 3.36. The maximum atomic E-state index is 11.8. The molecule has 2 aromatic carbocycles. The fraction of sp³-hybridized carbons (Fsp3) is 0.235. The predicted molar refractivity (Wildman–Crippen MR) is 83.9 cm³/mol. The summed E-state index contributed by atoms with van der Waals surface area (Å²) in [6, 6.07) is 14.0. The van der Waals surface area contributed by atoms with Gasteiger partial charge in [-0.25, -0.2) is 0 Å². The maximum Gasteiger partial charge on any atom is 0.251 e. The lowest BCUT2D eigenvalue weighted by Crippen LogP contribution is -2.17. The van der Waals surface area contributed by atoms with Gasteiger partial charge in [-0.1, -0.05) is 43.3 Å². The van der Waals surface area contributed by atoms with Gasteiger partial charge in [0, 0.05) is 12.2 Å². The molecule has 0 saturated carbocycles. The largest absolute Gasteiger partial charge is 0.384 e. The van der Waals surface area contributed by atoms with Crippen LogP contribution >= 0.6 is 0 Å². The number of benzene rings is 2. The summed E-state index contributed by atoms with van der Waals surface area (Å²) in [7, 11) is 0. The molecule has 3 nitrogen and oxygen atoms in total. The molecular formula is C17H20N2O. The monoisotopic (exact) mass is 268 g/mol. The van der Waals surface area contributed by atoms with E-state index in [2.05, 4.69) is 12.2 Å². The van der Waals surface area contributed by atoms with Gasteiger partial charge < -0.3 is 11.1 Å². The van der Waals surface area contributed by atoms with E-state index in [1.807, 2.05) is 49.4 Å². The second kappa shape index (κ2) is 6.24. The number of anilines is 1. The van der Waals surface area contributed by atoms with Gasteiger partial charge in [-0.15, -0.1) is 0 Å². The van der Waals surface area contributed by atoms with Crippen molar-refractivity contribution < 1.29 is 4.79 Å². The molecule has 104 valence electrons. The molecule has 20 heavy (non-hydrogen) atoms. The Balaban J connectivity index is 2.52. The zero-order valence-electron chi connectivity index (χ0n) is 11.9. The first kappa shape index (κ1) is 14.1. The normalized spacial score (nSPS) is 10.3. The van der Waals surface area contributed by atoms with Gasteiger partial charge in [0.2, 0.25) is 0 Å². The highest BCUT2D eigenvalue weighted by molar-refractivity contribution is 6.01. The lowest BCUT2D eigenvalue weighted by Gasteiger charge is -2.15. The molecule has 0 radical (unpaired) electrons. The number of nitrogens with two attached hydrogens (primary N) is 1. The Bertz CT molecular complexity index is 606. The molecule has 0 aliphatic rings. The average molecular weight is 268 g/mol. The second-order valence-electron chi connectivity index (χ2n) is 4.82. The van der Waals surface area contributed by atoms with Crippen molar-refractivity contribution in [3.8, 4) is 11.1 Å². The molecule has 0 atom stereocenters. The highest BCUT2D eigenvalue weighted by atomic mass is 16.1. The van der Waals surface area contributed by atoms with Crippen molar-refractivity contribution in [3.05, 3.63) is 53.6 Å². The SMILES string of the molecule is CCCNc1ccc(-c2ccccc2)c(C)c1C(N)=O. The summed E-state index contributed by atoms with van der Waals surface area (Å²) in [5, 5.41) is 3.26. The van der Waals surface area contributed by atoms with Crippen molar-refractivity contribution in [1.82, 2.24) is 0 Å². The maximum absolute atomic E-state index is 11.8. The van der Waals surface area contributed by atoms with Crippen LogP contribution in [0.4, 0.5) is 5.69 Å². The van der Waals surface area contributed by atoms with Crippen molar-refractivity contribution >= 4 is 11.6 Å². The molecular weight excluding hydrogens is 248 g/mol. The molecule has 3 heteroatoms. The number of rotatable bonds is 5. The zero-order valence-corrected chi connectivity index (χ0v) is 11.9. The average Bonchev–Trinajstić information content (AvgIpc) is 2.45. The minimum absolute atomic E-state index is 0.390. The van der Waals surface area contributed by atoms with E-state index in [0.29, 0.717) is 5.56 Å². The van der Waals surface area contributed by atoms with Gasteiger partial charge in [0.15, 0.2) is 0 Å². The molecule has 0 aliphatic carbocycles. The number of primary amides is 1. The van der Waals surface area contributed by atoms with Gasteiger partial charge in [-0.05, 0) is 36.1 Å². The van der Waals surface area contributed by atoms with Crippen LogP contribution in [0.2, 0.25) is 0 Å². The van der Waals surface area contributed by atoms with Gasteiger partial charge in [-0.3, -0.25) is 4.79 Å². The predicted octanol–water partition coefficient (Wildman–Crippen LogP) is 3.58. The summed E-state index contributed by atoms with van der Waals surface area (Å²) >= 11 is 0. The summed E-state index contributed by atoms with van der Waals surface area (Å²) < 4.78 is 0. The fourth-order valence-corrected chi connectivity index (χ4v) is 2.37. The van der Waals surface area contributed by atoms with Gasteiger partial charge in [0.25, 0.3) is 5.91 Å². The zero-order chi connectivity index (χ0) is 14.5. The third-order valence-electron chi connectivity index (χ3n) is 3.36. The summed E-state index contributed by atoms with van der Waals surface area (Å²) in [6.07, 6.45) is 0.998. The van der Waals surface area contributed by atoms with Crippen molar-refractivity contribution in [1.29, 1.82) is 0 Å². The molecule has 0 unspecified atom stereocenters. The molecule has 3 N–H and O–H groups in total. The van der Waals surface area contributed by atoms with Crippen LogP contribution in [0, 0.1) is 6.92 Å². The Morgan fingerprint density at radius 1 is 1.15 bits per heavy atom. The van der Waals surface area contributed by atoms with E-state index in [9.17, 15) is 4.79 Å².